The van der Waals surface area contributed by atoms with Crippen molar-refractivity contribution in [2.24, 2.45) is 0 Å². The van der Waals surface area contributed by atoms with Gasteiger partial charge in [0.05, 0.1) is 0 Å². The van der Waals surface area contributed by atoms with Crippen LogP contribution in [0.3, 0.4) is 0 Å². The Morgan fingerprint density at radius 3 is 2.53 bits per heavy atom. The highest BCUT2D eigenvalue weighted by Crippen LogP contribution is 1.94. The molecule has 82 valence electrons. The summed E-state index contributed by atoms with van der Waals surface area (Å²) >= 11 is 0. The molecule has 2 N–H and O–H groups in total. The van der Waals surface area contributed by atoms with Crippen molar-refractivity contribution in [3.63, 3.8) is 0 Å². The number of rotatable bonds is 5. The van der Waals surface area contributed by atoms with Crippen molar-refractivity contribution in [3.05, 3.63) is 24.5 Å². The summed E-state index contributed by atoms with van der Waals surface area (Å²) in [6, 6.07) is 2.91. The molecule has 0 unspecified atom stereocenters. The van der Waals surface area contributed by atoms with Crippen molar-refractivity contribution < 1.29 is 14.7 Å². The summed E-state index contributed by atoms with van der Waals surface area (Å²) < 4.78 is 1.87. The van der Waals surface area contributed by atoms with Crippen LogP contribution in [0.5, 0.6) is 0 Å². The summed E-state index contributed by atoms with van der Waals surface area (Å²) in [5, 5.41) is 11.0. The molecule has 0 saturated heterocycles. The highest BCUT2D eigenvalue weighted by molar-refractivity contribution is 5.83. The molecule has 0 aliphatic heterocycles. The summed E-state index contributed by atoms with van der Waals surface area (Å²) in [5.41, 5.74) is 0. The van der Waals surface area contributed by atoms with E-state index in [1.165, 1.54) is 6.92 Å². The Morgan fingerprint density at radius 1 is 1.40 bits per heavy atom. The van der Waals surface area contributed by atoms with Crippen LogP contribution in [-0.4, -0.2) is 27.6 Å². The predicted octanol–water partition coefficient (Wildman–Crippen LogP) is 0.467. The third-order valence-corrected chi connectivity index (χ3v) is 2.01. The number of carboxylic acid groups (broad SMARTS) is 1. The first-order chi connectivity index (χ1) is 7.09. The van der Waals surface area contributed by atoms with Gasteiger partial charge in [0.2, 0.25) is 5.91 Å². The van der Waals surface area contributed by atoms with Crippen LogP contribution < -0.4 is 5.32 Å². The van der Waals surface area contributed by atoms with Crippen LogP contribution in [0.15, 0.2) is 24.5 Å². The number of nitrogens with one attached hydrogen (secondary N) is 1. The zero-order valence-electron chi connectivity index (χ0n) is 8.51. The molecule has 0 fully saturated rings. The monoisotopic (exact) mass is 210 g/mol. The Balaban J connectivity index is 2.28. The summed E-state index contributed by atoms with van der Waals surface area (Å²) in [6.07, 6.45) is 3.99. The van der Waals surface area contributed by atoms with Crippen LogP contribution in [0, 0.1) is 0 Å². The van der Waals surface area contributed by atoms with Gasteiger partial charge in [-0.25, -0.2) is 0 Å². The minimum atomic E-state index is -1.02. The number of carbonyl (C=O) groups excluding carboxylic acids is 1. The lowest BCUT2D eigenvalue weighted by Gasteiger charge is -2.09. The number of aromatic nitrogens is 1. The van der Waals surface area contributed by atoms with Crippen molar-refractivity contribution in [2.75, 3.05) is 0 Å². The summed E-state index contributed by atoms with van der Waals surface area (Å²) in [7, 11) is 0. The van der Waals surface area contributed by atoms with Crippen molar-refractivity contribution in [1.29, 1.82) is 0 Å². The highest BCUT2D eigenvalue weighted by atomic mass is 16.4. The maximum absolute atomic E-state index is 11.3. The van der Waals surface area contributed by atoms with Gasteiger partial charge in [-0.15, -0.1) is 0 Å². The van der Waals surface area contributed by atoms with E-state index in [1.54, 1.807) is 0 Å². The third kappa shape index (κ3) is 3.84. The quantitative estimate of drug-likeness (QED) is 0.742. The van der Waals surface area contributed by atoms with E-state index < -0.39 is 12.0 Å². The van der Waals surface area contributed by atoms with Crippen molar-refractivity contribution in [3.8, 4) is 0 Å². The number of nitrogens with zero attached hydrogens (tertiary/aromatic N) is 1. The van der Waals surface area contributed by atoms with E-state index in [1.807, 2.05) is 29.1 Å². The molecule has 0 aliphatic rings. The molecule has 5 nitrogen and oxygen atoms in total. The van der Waals surface area contributed by atoms with Crippen LogP contribution in [-0.2, 0) is 16.1 Å². The average molecular weight is 210 g/mol. The first-order valence-corrected chi connectivity index (χ1v) is 4.72. The number of carboxylic acids is 1. The SMILES string of the molecule is C[C@@H](NC(=O)CCn1cccc1)C(=O)O. The maximum atomic E-state index is 11.3. The second-order valence-corrected chi connectivity index (χ2v) is 3.30. The minimum absolute atomic E-state index is 0.251. The Morgan fingerprint density at radius 2 is 2.00 bits per heavy atom. The van der Waals surface area contributed by atoms with E-state index in [4.69, 9.17) is 5.11 Å². The smallest absolute Gasteiger partial charge is 0.325 e. The van der Waals surface area contributed by atoms with E-state index in [9.17, 15) is 9.59 Å². The Bertz CT molecular complexity index is 332. The molecular weight excluding hydrogens is 196 g/mol. The summed E-state index contributed by atoms with van der Waals surface area (Å²) in [6.45, 7) is 2.00. The van der Waals surface area contributed by atoms with Gasteiger partial charge in [0.15, 0.2) is 0 Å². The van der Waals surface area contributed by atoms with Gasteiger partial charge in [-0.1, -0.05) is 0 Å². The van der Waals surface area contributed by atoms with Crippen LogP contribution >= 0.6 is 0 Å². The predicted molar refractivity (Wildman–Crippen MR) is 54.3 cm³/mol. The molecule has 0 spiro atoms. The maximum Gasteiger partial charge on any atom is 0.325 e. The average Bonchev–Trinajstić information content (AvgIpc) is 2.66. The fraction of sp³-hybridized carbons (Fsp3) is 0.400. The lowest BCUT2D eigenvalue weighted by molar-refractivity contribution is -0.141. The Kier molecular flexibility index (Phi) is 3.91. The van der Waals surface area contributed by atoms with Gasteiger partial charge in [-0.3, -0.25) is 9.59 Å². The molecule has 1 aromatic heterocycles. The molecule has 0 aliphatic carbocycles. The molecule has 1 aromatic rings. The molecule has 0 bridgehead atoms. The van der Waals surface area contributed by atoms with Gasteiger partial charge in [0, 0.05) is 25.4 Å². The summed E-state index contributed by atoms with van der Waals surface area (Å²) in [4.78, 5) is 21.7. The fourth-order valence-electron chi connectivity index (χ4n) is 1.13. The molecule has 1 atom stereocenters. The van der Waals surface area contributed by atoms with Gasteiger partial charge < -0.3 is 15.0 Å². The van der Waals surface area contributed by atoms with Crippen LogP contribution in [0.1, 0.15) is 13.3 Å². The topological polar surface area (TPSA) is 71.3 Å². The molecule has 0 aromatic carbocycles. The Hall–Kier alpha value is -1.78. The fourth-order valence-corrected chi connectivity index (χ4v) is 1.13. The van der Waals surface area contributed by atoms with Crippen molar-refractivity contribution in [2.45, 2.75) is 25.9 Å². The zero-order chi connectivity index (χ0) is 11.3. The molecule has 1 heterocycles. The first-order valence-electron chi connectivity index (χ1n) is 4.72. The summed E-state index contributed by atoms with van der Waals surface area (Å²) in [5.74, 6) is -1.28. The number of hydrogen-bond acceptors (Lipinski definition) is 2. The number of carbonyl (C=O) groups is 2. The van der Waals surface area contributed by atoms with Crippen molar-refractivity contribution >= 4 is 11.9 Å². The van der Waals surface area contributed by atoms with Gasteiger partial charge in [0.25, 0.3) is 0 Å². The second kappa shape index (κ2) is 5.19. The van der Waals surface area contributed by atoms with E-state index in [-0.39, 0.29) is 12.3 Å². The van der Waals surface area contributed by atoms with E-state index in [2.05, 4.69) is 5.32 Å². The molecule has 1 amide bonds. The second-order valence-electron chi connectivity index (χ2n) is 3.30. The number of aryl methyl sites for hydroxylation is 1. The van der Waals surface area contributed by atoms with E-state index >= 15 is 0 Å². The van der Waals surface area contributed by atoms with Gasteiger partial charge in [-0.2, -0.15) is 0 Å². The largest absolute Gasteiger partial charge is 0.480 e. The third-order valence-electron chi connectivity index (χ3n) is 2.01. The zero-order valence-corrected chi connectivity index (χ0v) is 8.51. The van der Waals surface area contributed by atoms with Crippen molar-refractivity contribution in [1.82, 2.24) is 9.88 Å². The lowest BCUT2D eigenvalue weighted by Crippen LogP contribution is -2.38. The van der Waals surface area contributed by atoms with Gasteiger partial charge in [0.1, 0.15) is 6.04 Å². The Labute approximate surface area is 87.7 Å². The van der Waals surface area contributed by atoms with Crippen LogP contribution in [0.4, 0.5) is 0 Å². The molecular formula is C10H14N2O3. The van der Waals surface area contributed by atoms with Gasteiger partial charge >= 0.3 is 5.97 Å². The van der Waals surface area contributed by atoms with E-state index in [0.29, 0.717) is 6.54 Å². The molecule has 1 rings (SSSR count). The lowest BCUT2D eigenvalue weighted by atomic mass is 10.3. The van der Waals surface area contributed by atoms with Crippen LogP contribution in [0.25, 0.3) is 0 Å². The number of aliphatic carboxylic acids is 1. The van der Waals surface area contributed by atoms with Gasteiger partial charge in [-0.05, 0) is 19.1 Å². The number of amides is 1. The highest BCUT2D eigenvalue weighted by Gasteiger charge is 2.13. The normalized spacial score (nSPS) is 12.1. The number of hydrogen-bond donors (Lipinski definition) is 2. The molecule has 5 heteroatoms. The van der Waals surface area contributed by atoms with E-state index in [0.717, 1.165) is 0 Å². The standard InChI is InChI=1S/C10H14N2O3/c1-8(10(14)15)11-9(13)4-7-12-5-2-3-6-12/h2-3,5-6,8H,4,7H2,1H3,(H,11,13)(H,14,15)/t8-/m1/s1. The minimum Gasteiger partial charge on any atom is -0.480 e. The molecule has 0 radical (unpaired) electrons. The molecule has 0 saturated carbocycles. The first kappa shape index (κ1) is 11.3. The van der Waals surface area contributed by atoms with Crippen LogP contribution in [0.2, 0.25) is 0 Å². The molecule has 15 heavy (non-hydrogen) atoms.